The van der Waals surface area contributed by atoms with Crippen LogP contribution >= 0.6 is 27.5 Å². The van der Waals surface area contributed by atoms with E-state index >= 15 is 0 Å². The first-order valence-electron chi connectivity index (χ1n) is 13.4. The molecule has 1 N–H and O–H groups in total. The van der Waals surface area contributed by atoms with Crippen LogP contribution in [0.25, 0.3) is 0 Å². The SMILES string of the molecule is CCC1CN(C(C)C)CC1CCCOc1cc(C)ncnc(Nc2ccc(Br)c(Cl)c2)c(C)cc1OC.CF. The van der Waals surface area contributed by atoms with Gasteiger partial charge in [0.1, 0.15) is 12.1 Å². The Balaban J connectivity index is 0.00000260. The first-order chi connectivity index (χ1) is 18.7. The fourth-order valence-corrected chi connectivity index (χ4v) is 5.17. The van der Waals surface area contributed by atoms with Crippen LogP contribution in [0.3, 0.4) is 0 Å². The van der Waals surface area contributed by atoms with Gasteiger partial charge in [0, 0.05) is 41.1 Å². The number of methoxy groups -OCH3 is 1. The number of benzene rings is 1. The fraction of sp³-hybridized carbons (Fsp3) is 0.533. The summed E-state index contributed by atoms with van der Waals surface area (Å²) in [5.74, 6) is 3.46. The molecule has 1 aromatic carbocycles. The Morgan fingerprint density at radius 3 is 2.46 bits per heavy atom. The van der Waals surface area contributed by atoms with Gasteiger partial charge < -0.3 is 19.7 Å². The summed E-state index contributed by atoms with van der Waals surface area (Å²) in [6, 6.07) is 10.1. The van der Waals surface area contributed by atoms with Gasteiger partial charge in [0.25, 0.3) is 0 Å². The summed E-state index contributed by atoms with van der Waals surface area (Å²) in [7, 11) is 2.16. The molecule has 6 nitrogen and oxygen atoms in total. The molecule has 39 heavy (non-hydrogen) atoms. The van der Waals surface area contributed by atoms with Crippen LogP contribution in [0.5, 0.6) is 11.5 Å². The smallest absolute Gasteiger partial charge is 0.162 e. The number of aryl methyl sites for hydroxylation is 2. The molecule has 0 aliphatic carbocycles. The molecule has 0 spiro atoms. The zero-order chi connectivity index (χ0) is 28.9. The van der Waals surface area contributed by atoms with Gasteiger partial charge in [-0.2, -0.15) is 0 Å². The molecule has 2 unspecified atom stereocenters. The number of anilines is 2. The van der Waals surface area contributed by atoms with Gasteiger partial charge in [-0.25, -0.2) is 9.97 Å². The van der Waals surface area contributed by atoms with Gasteiger partial charge in [-0.3, -0.25) is 4.39 Å². The van der Waals surface area contributed by atoms with E-state index in [1.54, 1.807) is 13.4 Å². The zero-order valence-corrected chi connectivity index (χ0v) is 26.6. The molecule has 1 saturated heterocycles. The Morgan fingerprint density at radius 1 is 1.10 bits per heavy atom. The van der Waals surface area contributed by atoms with Crippen LogP contribution in [0.1, 0.15) is 51.3 Å². The van der Waals surface area contributed by atoms with Crippen molar-refractivity contribution in [3.05, 3.63) is 57.4 Å². The second-order valence-corrected chi connectivity index (χ2v) is 11.3. The van der Waals surface area contributed by atoms with E-state index in [4.69, 9.17) is 21.1 Å². The molecule has 2 heterocycles. The minimum absolute atomic E-state index is 0.500. The summed E-state index contributed by atoms with van der Waals surface area (Å²) in [5.41, 5.74) is 2.48. The van der Waals surface area contributed by atoms with Crippen LogP contribution in [0, 0.1) is 25.7 Å². The van der Waals surface area contributed by atoms with E-state index in [-0.39, 0.29) is 0 Å². The molecule has 0 saturated carbocycles. The number of ether oxygens (including phenoxy) is 2. The van der Waals surface area contributed by atoms with Crippen LogP contribution in [0.4, 0.5) is 15.9 Å². The number of nitrogens with one attached hydrogen (secondary N) is 1. The number of nitrogens with zero attached hydrogens (tertiary/aromatic N) is 3. The normalized spacial score (nSPS) is 16.8. The molecule has 2 atom stereocenters. The van der Waals surface area contributed by atoms with E-state index in [0.29, 0.717) is 42.2 Å². The van der Waals surface area contributed by atoms with Crippen LogP contribution in [0.15, 0.2) is 41.1 Å². The van der Waals surface area contributed by atoms with E-state index < -0.39 is 0 Å². The molecule has 0 bridgehead atoms. The summed E-state index contributed by atoms with van der Waals surface area (Å²) >= 11 is 9.71. The average molecular weight is 626 g/mol. The van der Waals surface area contributed by atoms with Crippen LogP contribution in [0.2, 0.25) is 5.02 Å². The predicted octanol–water partition coefficient (Wildman–Crippen LogP) is 8.50. The minimum atomic E-state index is 0.500. The van der Waals surface area contributed by atoms with Crippen LogP contribution in [-0.2, 0) is 0 Å². The summed E-state index contributed by atoms with van der Waals surface area (Å²) < 4.78 is 22.4. The molecule has 2 aromatic rings. The molecule has 1 aromatic heterocycles. The maximum Gasteiger partial charge on any atom is 0.162 e. The van der Waals surface area contributed by atoms with Crippen molar-refractivity contribution in [3.63, 3.8) is 0 Å². The molecule has 0 amide bonds. The van der Waals surface area contributed by atoms with Gasteiger partial charge in [-0.1, -0.05) is 24.9 Å². The summed E-state index contributed by atoms with van der Waals surface area (Å²) in [6.45, 7) is 13.8. The number of hydrogen-bond acceptors (Lipinski definition) is 6. The first-order valence-corrected chi connectivity index (χ1v) is 14.6. The number of aromatic nitrogens is 2. The third-order valence-electron chi connectivity index (χ3n) is 6.99. The van der Waals surface area contributed by atoms with Crippen molar-refractivity contribution < 1.29 is 13.9 Å². The van der Waals surface area contributed by atoms with Crippen molar-refractivity contribution in [1.29, 1.82) is 0 Å². The zero-order valence-electron chi connectivity index (χ0n) is 24.2. The lowest BCUT2D eigenvalue weighted by molar-refractivity contribution is 0.252. The lowest BCUT2D eigenvalue weighted by atomic mass is 9.90. The maximum absolute atomic E-state index is 9.50. The highest BCUT2D eigenvalue weighted by atomic mass is 79.9. The third kappa shape index (κ3) is 10.1. The van der Waals surface area contributed by atoms with Crippen molar-refractivity contribution in [3.8, 4) is 11.5 Å². The lowest BCUT2D eigenvalue weighted by Gasteiger charge is -2.20. The third-order valence-corrected chi connectivity index (χ3v) is 8.22. The molecular weight excluding hydrogens is 583 g/mol. The van der Waals surface area contributed by atoms with Crippen molar-refractivity contribution >= 4 is 39.0 Å². The van der Waals surface area contributed by atoms with E-state index in [1.165, 1.54) is 25.9 Å². The monoisotopic (exact) mass is 624 g/mol. The molecule has 1 aliphatic rings. The van der Waals surface area contributed by atoms with Crippen molar-refractivity contribution in [2.45, 2.75) is 59.9 Å². The van der Waals surface area contributed by atoms with Gasteiger partial charge in [0.2, 0.25) is 0 Å². The molecule has 216 valence electrons. The van der Waals surface area contributed by atoms with Gasteiger partial charge in [-0.05, 0) is 98.1 Å². The van der Waals surface area contributed by atoms with E-state index in [9.17, 15) is 4.39 Å². The Kier molecular flexibility index (Phi) is 14.3. The average Bonchev–Trinajstić information content (AvgIpc) is 3.35. The predicted molar refractivity (Wildman–Crippen MR) is 164 cm³/mol. The maximum atomic E-state index is 9.50. The molecule has 3 rings (SSSR count). The highest BCUT2D eigenvalue weighted by Crippen LogP contribution is 2.32. The second kappa shape index (κ2) is 16.8. The molecule has 9 heteroatoms. The van der Waals surface area contributed by atoms with Gasteiger partial charge in [0.15, 0.2) is 11.5 Å². The first kappa shape index (κ1) is 33.0. The number of rotatable bonds is 10. The van der Waals surface area contributed by atoms with E-state index in [0.717, 1.165) is 39.7 Å². The Hall–Kier alpha value is -2.16. The fourth-order valence-electron chi connectivity index (χ4n) is 4.74. The van der Waals surface area contributed by atoms with E-state index in [1.807, 2.05) is 44.2 Å². The summed E-state index contributed by atoms with van der Waals surface area (Å²) in [4.78, 5) is 11.6. The summed E-state index contributed by atoms with van der Waals surface area (Å²) in [6.07, 6.45) is 4.96. The van der Waals surface area contributed by atoms with Crippen molar-refractivity contribution in [2.75, 3.05) is 39.3 Å². The van der Waals surface area contributed by atoms with Crippen LogP contribution < -0.4 is 14.8 Å². The highest BCUT2D eigenvalue weighted by Gasteiger charge is 2.32. The topological polar surface area (TPSA) is 59.5 Å². The van der Waals surface area contributed by atoms with Gasteiger partial charge >= 0.3 is 0 Å². The number of halogens is 3. The minimum Gasteiger partial charge on any atom is -0.493 e. The standard InChI is InChI=1S/C29H40BrClN4O2.CH3F/c1-7-22-16-35(19(2)3)17-23(22)9-8-12-37-28-14-21(5)32-18-33-29(20(4)13-27(28)36-6)34-24-10-11-25(30)26(31)15-24;1-2/h10-11,13-15,18-19,22-23H,7-9,12,16-17H2,1-6H3,(H,32,33,34);1H3. The van der Waals surface area contributed by atoms with Crippen LogP contribution in [-0.4, -0.2) is 54.9 Å². The number of likely N-dealkylation sites (tertiary alicyclic amines) is 1. The van der Waals surface area contributed by atoms with Crippen molar-refractivity contribution in [2.24, 2.45) is 11.8 Å². The molecule has 1 fully saturated rings. The Morgan fingerprint density at radius 2 is 1.82 bits per heavy atom. The lowest BCUT2D eigenvalue weighted by Crippen LogP contribution is -2.28. The van der Waals surface area contributed by atoms with Crippen molar-refractivity contribution in [1.82, 2.24) is 14.9 Å². The largest absolute Gasteiger partial charge is 0.493 e. The molecular formula is C30H43BrClFN4O2. The molecule has 0 radical (unpaired) electrons. The number of hydrogen-bond donors (Lipinski definition) is 1. The van der Waals surface area contributed by atoms with E-state index in [2.05, 4.69) is 56.9 Å². The molecule has 1 aliphatic heterocycles. The Bertz CT molecular complexity index is 1120. The second-order valence-electron chi connectivity index (χ2n) is 9.99. The quantitative estimate of drug-likeness (QED) is 0.267. The number of alkyl halides is 1. The summed E-state index contributed by atoms with van der Waals surface area (Å²) in [5, 5.41) is 3.95. The van der Waals surface area contributed by atoms with Gasteiger partial charge in [-0.15, -0.1) is 0 Å². The van der Waals surface area contributed by atoms with Gasteiger partial charge in [0.05, 0.1) is 25.9 Å². The highest BCUT2D eigenvalue weighted by molar-refractivity contribution is 9.10. The Labute approximate surface area is 247 Å².